The number of piperidine rings is 2. The molecule has 4 heterocycles. The van der Waals surface area contributed by atoms with E-state index in [1.807, 2.05) is 0 Å². The normalized spacial score (nSPS) is 17.1. The Morgan fingerprint density at radius 2 is 0.775 bits per heavy atom. The van der Waals surface area contributed by atoms with E-state index in [-0.39, 0.29) is 66.0 Å². The van der Waals surface area contributed by atoms with Crippen LogP contribution in [0.4, 0.5) is 11.4 Å². The number of nitrogens with zero attached hydrogens (tertiary/aromatic N) is 2. The van der Waals surface area contributed by atoms with Gasteiger partial charge in [-0.25, -0.2) is 0 Å². The fourth-order valence-electron chi connectivity index (χ4n) is 8.72. The minimum absolute atomic E-state index is 0.0186. The second-order valence-electron chi connectivity index (χ2n) is 18.4. The number of hydrogen-bond acceptors (Lipinski definition) is 21. The van der Waals surface area contributed by atoms with Crippen molar-refractivity contribution in [2.24, 2.45) is 0 Å². The van der Waals surface area contributed by atoms with Crippen LogP contribution < -0.4 is 21.3 Å². The van der Waals surface area contributed by atoms with Gasteiger partial charge in [-0.2, -0.15) is 0 Å². The van der Waals surface area contributed by atoms with Crippen LogP contribution >= 0.6 is 0 Å². The molecule has 2 unspecified atom stereocenters. The number of carbonyl (C=O) groups is 9. The summed E-state index contributed by atoms with van der Waals surface area (Å²) in [5, 5.41) is 10.2. The Bertz CT molecular complexity index is 2390. The van der Waals surface area contributed by atoms with E-state index in [0.29, 0.717) is 164 Å². The molecule has 0 bridgehead atoms. The van der Waals surface area contributed by atoms with E-state index in [4.69, 9.17) is 52.1 Å². The molecule has 0 aliphatic carbocycles. The van der Waals surface area contributed by atoms with Crippen LogP contribution in [-0.2, 0) is 76.1 Å². The van der Waals surface area contributed by atoms with E-state index in [2.05, 4.69) is 21.3 Å². The van der Waals surface area contributed by atoms with E-state index in [9.17, 15) is 43.2 Å². The van der Waals surface area contributed by atoms with Gasteiger partial charge in [0.2, 0.25) is 29.5 Å². The smallest absolute Gasteiger partial charge is 0.264 e. The average molecular weight is 1130 g/mol. The van der Waals surface area contributed by atoms with Gasteiger partial charge >= 0.3 is 0 Å². The molecule has 26 nitrogen and oxygen atoms in total. The van der Waals surface area contributed by atoms with Crippen LogP contribution in [0.3, 0.4) is 0 Å². The minimum atomic E-state index is -1.09. The molecule has 440 valence electrons. The van der Waals surface area contributed by atoms with E-state index in [0.717, 1.165) is 22.6 Å². The zero-order valence-electron chi connectivity index (χ0n) is 45.1. The summed E-state index contributed by atoms with van der Waals surface area (Å²) in [6, 6.07) is 7.36. The SMILES string of the molecule is O=C1CCC(N2C(=O)c3cccc(NCCOCCOCCOCCOCCOCCOCCOCCOCCOCCOCCOCCCCCC(=O)Nc4cccc5c4C(=O)N(C4CCC(=O)NC4=O)C5=O)c3C2=O)C(=O)N1. The van der Waals surface area contributed by atoms with Gasteiger partial charge in [-0.05, 0) is 49.9 Å². The Kier molecular flexibility index (Phi) is 28.0. The van der Waals surface area contributed by atoms with Crippen LogP contribution in [0, 0.1) is 0 Å². The first-order valence-corrected chi connectivity index (χ1v) is 27.1. The number of fused-ring (bicyclic) bond motifs is 2. The number of carbonyl (C=O) groups excluding carboxylic acids is 9. The van der Waals surface area contributed by atoms with Crippen molar-refractivity contribution < 1.29 is 95.3 Å². The van der Waals surface area contributed by atoms with Gasteiger partial charge in [0.25, 0.3) is 23.6 Å². The van der Waals surface area contributed by atoms with Gasteiger partial charge in [0, 0.05) is 38.1 Å². The molecule has 2 atom stereocenters. The van der Waals surface area contributed by atoms with Crippen LogP contribution in [0.15, 0.2) is 36.4 Å². The number of unbranched alkanes of at least 4 members (excludes halogenated alkanes) is 2. The van der Waals surface area contributed by atoms with Gasteiger partial charge < -0.3 is 62.7 Å². The molecule has 2 saturated heterocycles. The molecule has 0 aromatic heterocycles. The van der Waals surface area contributed by atoms with E-state index in [1.54, 1.807) is 30.3 Å². The lowest BCUT2D eigenvalue weighted by Gasteiger charge is -2.27. The monoisotopic (exact) mass is 1130 g/mol. The largest absolute Gasteiger partial charge is 0.382 e. The Hall–Kier alpha value is -6.17. The molecule has 2 aromatic carbocycles. The Labute approximate surface area is 463 Å². The Morgan fingerprint density at radius 3 is 1.16 bits per heavy atom. The van der Waals surface area contributed by atoms with Crippen LogP contribution in [0.5, 0.6) is 0 Å². The maximum Gasteiger partial charge on any atom is 0.264 e. The molecule has 9 amide bonds. The van der Waals surface area contributed by atoms with Gasteiger partial charge in [-0.1, -0.05) is 18.6 Å². The third-order valence-corrected chi connectivity index (χ3v) is 12.7. The van der Waals surface area contributed by atoms with Gasteiger partial charge in [0.15, 0.2) is 0 Å². The van der Waals surface area contributed by atoms with Crippen LogP contribution in [0.1, 0.15) is 92.8 Å². The van der Waals surface area contributed by atoms with Gasteiger partial charge in [0.05, 0.1) is 167 Å². The molecular weight excluding hydrogens is 1050 g/mol. The lowest BCUT2D eigenvalue weighted by molar-refractivity contribution is -0.137. The standard InChI is InChI=1S/C54H74N6O20/c61-44(56-41-9-5-7-39-48(41)54(69)60(52(39)67)43-12-14-46(63)58-50(43)65)10-2-1-3-16-70-18-20-72-22-24-74-26-28-76-30-32-78-34-36-80-37-35-79-33-31-77-29-27-75-25-23-73-21-19-71-17-15-55-40-8-4-6-38-47(40)53(68)59(51(38)66)42-11-13-45(62)57-49(42)64/h4-9,42-43,55H,1-3,10-37H2,(H,56,61)(H,57,62,64)(H,58,63,65). The summed E-state index contributed by atoms with van der Waals surface area (Å²) in [6.07, 6.45) is 2.52. The highest BCUT2D eigenvalue weighted by molar-refractivity contribution is 6.27. The zero-order valence-corrected chi connectivity index (χ0v) is 45.1. The van der Waals surface area contributed by atoms with Crippen molar-refractivity contribution in [2.45, 2.75) is 63.5 Å². The van der Waals surface area contributed by atoms with Crippen LogP contribution in [0.25, 0.3) is 0 Å². The topological polar surface area (TPSA) is 310 Å². The fraction of sp³-hybridized carbons (Fsp3) is 0.611. The maximum absolute atomic E-state index is 13.2. The highest BCUT2D eigenvalue weighted by atomic mass is 16.6. The third kappa shape index (κ3) is 20.1. The second kappa shape index (κ2) is 35.5. The van der Waals surface area contributed by atoms with E-state index in [1.165, 1.54) is 6.07 Å². The molecule has 0 radical (unpaired) electrons. The van der Waals surface area contributed by atoms with Gasteiger partial charge in [0.1, 0.15) is 12.1 Å². The van der Waals surface area contributed by atoms with Gasteiger partial charge in [-0.15, -0.1) is 0 Å². The van der Waals surface area contributed by atoms with Crippen molar-refractivity contribution >= 4 is 64.5 Å². The summed E-state index contributed by atoms with van der Waals surface area (Å²) in [5.74, 6) is -4.97. The highest BCUT2D eigenvalue weighted by Crippen LogP contribution is 2.34. The first-order valence-electron chi connectivity index (χ1n) is 27.1. The number of benzene rings is 2. The number of anilines is 2. The zero-order chi connectivity index (χ0) is 56.7. The van der Waals surface area contributed by atoms with Crippen molar-refractivity contribution in [2.75, 3.05) is 163 Å². The molecule has 26 heteroatoms. The molecule has 4 aliphatic heterocycles. The number of rotatable bonds is 43. The molecule has 2 fully saturated rings. The fourth-order valence-corrected chi connectivity index (χ4v) is 8.72. The number of ether oxygens (including phenoxy) is 11. The summed E-state index contributed by atoms with van der Waals surface area (Å²) < 4.78 is 60.9. The molecule has 80 heavy (non-hydrogen) atoms. The molecule has 2 aromatic rings. The average Bonchev–Trinajstić information content (AvgIpc) is 4.04. The summed E-state index contributed by atoms with van der Waals surface area (Å²) in [4.78, 5) is 115. The maximum atomic E-state index is 13.2. The second-order valence-corrected chi connectivity index (χ2v) is 18.4. The van der Waals surface area contributed by atoms with E-state index < -0.39 is 59.3 Å². The number of amides is 9. The minimum Gasteiger partial charge on any atom is -0.382 e. The van der Waals surface area contributed by atoms with Crippen molar-refractivity contribution in [1.82, 2.24) is 20.4 Å². The predicted molar refractivity (Wildman–Crippen MR) is 281 cm³/mol. The predicted octanol–water partition coefficient (Wildman–Crippen LogP) is 1.28. The lowest BCUT2D eigenvalue weighted by Crippen LogP contribution is -2.54. The summed E-state index contributed by atoms with van der Waals surface area (Å²) in [5.41, 5.74) is 1.22. The quantitative estimate of drug-likeness (QED) is 0.0537. The third-order valence-electron chi connectivity index (χ3n) is 12.7. The van der Waals surface area contributed by atoms with Gasteiger partial charge in [-0.3, -0.25) is 63.6 Å². The van der Waals surface area contributed by atoms with Crippen molar-refractivity contribution in [3.05, 3.63) is 58.7 Å². The molecule has 6 rings (SSSR count). The summed E-state index contributed by atoms with van der Waals surface area (Å²) >= 11 is 0. The van der Waals surface area contributed by atoms with Crippen LogP contribution in [0.2, 0.25) is 0 Å². The van der Waals surface area contributed by atoms with Crippen molar-refractivity contribution in [3.63, 3.8) is 0 Å². The number of hydrogen-bond donors (Lipinski definition) is 4. The van der Waals surface area contributed by atoms with Crippen molar-refractivity contribution in [1.29, 1.82) is 0 Å². The Morgan fingerprint density at radius 1 is 0.425 bits per heavy atom. The summed E-state index contributed by atoms with van der Waals surface area (Å²) in [7, 11) is 0. The van der Waals surface area contributed by atoms with Crippen LogP contribution in [-0.4, -0.2) is 227 Å². The van der Waals surface area contributed by atoms with Crippen molar-refractivity contribution in [3.8, 4) is 0 Å². The molecule has 4 N–H and O–H groups in total. The molecule has 0 saturated carbocycles. The lowest BCUT2D eigenvalue weighted by atomic mass is 10.0. The van der Waals surface area contributed by atoms with E-state index >= 15 is 0 Å². The number of imide groups is 4. The first kappa shape index (κ1) is 63.0. The Balaban J connectivity index is 0.606. The molecular formula is C54H74N6O20. The summed E-state index contributed by atoms with van der Waals surface area (Å²) in [6.45, 7) is 9.67. The molecule has 0 spiro atoms. The highest BCUT2D eigenvalue weighted by Gasteiger charge is 2.47. The number of nitrogens with one attached hydrogen (secondary N) is 4. The molecule has 4 aliphatic rings. The first-order chi connectivity index (χ1) is 39.1.